The van der Waals surface area contributed by atoms with Crippen LogP contribution in [0.25, 0.3) is 0 Å². The maximum atomic E-state index is 5.99. The molecule has 2 rings (SSSR count). The van der Waals surface area contributed by atoms with Crippen molar-refractivity contribution in [2.75, 3.05) is 7.05 Å². The normalized spacial score (nSPS) is 27.4. The number of rotatable bonds is 0. The molecule has 0 aromatic carbocycles. The van der Waals surface area contributed by atoms with Gasteiger partial charge in [-0.3, -0.25) is 0 Å². The minimum atomic E-state index is 0.573. The highest BCUT2D eigenvalue weighted by Gasteiger charge is 2.22. The van der Waals surface area contributed by atoms with Gasteiger partial charge in [0, 0.05) is 25.2 Å². The molecule has 0 aromatic heterocycles. The smallest absolute Gasteiger partial charge is 0.0630 e. The standard InChI is InChI=1S/C11H16N2/c1-8-6-7-9-4-3-5-10(12)11(9)13(8)2/h3-4,7-8H,5-6,12H2,1-2H3. The Hall–Kier alpha value is -1.18. The lowest BCUT2D eigenvalue weighted by Crippen LogP contribution is -2.34. The van der Waals surface area contributed by atoms with Gasteiger partial charge in [0.2, 0.25) is 0 Å². The summed E-state index contributed by atoms with van der Waals surface area (Å²) in [4.78, 5) is 2.29. The Morgan fingerprint density at radius 2 is 2.31 bits per heavy atom. The zero-order chi connectivity index (χ0) is 9.42. The zero-order valence-electron chi connectivity index (χ0n) is 8.25. The molecule has 2 aliphatic rings. The van der Waals surface area contributed by atoms with Crippen LogP contribution in [0.5, 0.6) is 0 Å². The molecule has 2 heteroatoms. The SMILES string of the molecule is CC1CC=C2C=CCC(N)=C2N1C. The molecular formula is C11H16N2. The molecule has 0 radical (unpaired) electrons. The van der Waals surface area contributed by atoms with Crippen molar-refractivity contribution in [3.8, 4) is 0 Å². The van der Waals surface area contributed by atoms with Crippen LogP contribution in [-0.4, -0.2) is 18.0 Å². The summed E-state index contributed by atoms with van der Waals surface area (Å²) in [7, 11) is 2.12. The van der Waals surface area contributed by atoms with Gasteiger partial charge in [-0.25, -0.2) is 0 Å². The third kappa shape index (κ3) is 1.26. The van der Waals surface area contributed by atoms with Crippen molar-refractivity contribution < 1.29 is 0 Å². The Balaban J connectivity index is 2.44. The van der Waals surface area contributed by atoms with E-state index in [9.17, 15) is 0 Å². The van der Waals surface area contributed by atoms with Gasteiger partial charge in [-0.15, -0.1) is 0 Å². The van der Waals surface area contributed by atoms with Gasteiger partial charge in [0.1, 0.15) is 0 Å². The molecule has 1 unspecified atom stereocenters. The van der Waals surface area contributed by atoms with Crippen LogP contribution in [0, 0.1) is 0 Å². The highest BCUT2D eigenvalue weighted by atomic mass is 15.1. The lowest BCUT2D eigenvalue weighted by molar-refractivity contribution is 0.315. The van der Waals surface area contributed by atoms with Crippen molar-refractivity contribution in [1.29, 1.82) is 0 Å². The number of hydrogen-bond donors (Lipinski definition) is 1. The molecule has 0 amide bonds. The first-order valence-corrected chi connectivity index (χ1v) is 4.78. The van der Waals surface area contributed by atoms with Crippen LogP contribution >= 0.6 is 0 Å². The van der Waals surface area contributed by atoms with Crippen LogP contribution in [0.3, 0.4) is 0 Å². The Labute approximate surface area is 79.4 Å². The second kappa shape index (κ2) is 2.95. The largest absolute Gasteiger partial charge is 0.400 e. The molecule has 2 N–H and O–H groups in total. The summed E-state index contributed by atoms with van der Waals surface area (Å²) < 4.78 is 0. The number of likely N-dealkylation sites (N-methyl/N-ethyl adjacent to an activating group) is 1. The van der Waals surface area contributed by atoms with Crippen LogP contribution < -0.4 is 5.73 Å². The topological polar surface area (TPSA) is 29.3 Å². The summed E-state index contributed by atoms with van der Waals surface area (Å²) >= 11 is 0. The molecule has 2 nitrogen and oxygen atoms in total. The molecule has 1 aliphatic heterocycles. The van der Waals surface area contributed by atoms with Gasteiger partial charge in [0.25, 0.3) is 0 Å². The zero-order valence-corrected chi connectivity index (χ0v) is 8.25. The molecule has 13 heavy (non-hydrogen) atoms. The van der Waals surface area contributed by atoms with Gasteiger partial charge < -0.3 is 10.6 Å². The highest BCUT2D eigenvalue weighted by Crippen LogP contribution is 2.30. The lowest BCUT2D eigenvalue weighted by Gasteiger charge is -2.35. The molecule has 0 saturated heterocycles. The van der Waals surface area contributed by atoms with E-state index < -0.39 is 0 Å². The molecule has 1 aliphatic carbocycles. The molecular weight excluding hydrogens is 160 g/mol. The van der Waals surface area contributed by atoms with E-state index in [4.69, 9.17) is 5.73 Å². The van der Waals surface area contributed by atoms with Crippen molar-refractivity contribution in [3.05, 3.63) is 35.2 Å². The van der Waals surface area contributed by atoms with Gasteiger partial charge in [-0.05, 0) is 18.9 Å². The molecule has 0 fully saturated rings. The monoisotopic (exact) mass is 176 g/mol. The van der Waals surface area contributed by atoms with Crippen LogP contribution in [0.4, 0.5) is 0 Å². The fourth-order valence-corrected chi connectivity index (χ4v) is 1.94. The Morgan fingerprint density at radius 1 is 1.54 bits per heavy atom. The maximum Gasteiger partial charge on any atom is 0.0630 e. The molecule has 70 valence electrons. The number of allylic oxidation sites excluding steroid dienone is 2. The number of fused-ring (bicyclic) bond motifs is 1. The predicted molar refractivity (Wildman–Crippen MR) is 54.9 cm³/mol. The summed E-state index contributed by atoms with van der Waals surface area (Å²) in [5.41, 5.74) is 9.52. The van der Waals surface area contributed by atoms with Gasteiger partial charge >= 0.3 is 0 Å². The average molecular weight is 176 g/mol. The summed E-state index contributed by atoms with van der Waals surface area (Å²) in [6.45, 7) is 2.23. The van der Waals surface area contributed by atoms with Crippen LogP contribution in [0.2, 0.25) is 0 Å². The van der Waals surface area contributed by atoms with E-state index in [-0.39, 0.29) is 0 Å². The van der Waals surface area contributed by atoms with Gasteiger partial charge in [0.15, 0.2) is 0 Å². The fourth-order valence-electron chi connectivity index (χ4n) is 1.94. The lowest BCUT2D eigenvalue weighted by atomic mass is 9.95. The fraction of sp³-hybridized carbons (Fsp3) is 0.455. The van der Waals surface area contributed by atoms with Crippen molar-refractivity contribution in [3.63, 3.8) is 0 Å². The van der Waals surface area contributed by atoms with Gasteiger partial charge in [-0.1, -0.05) is 18.2 Å². The summed E-state index contributed by atoms with van der Waals surface area (Å²) in [6.07, 6.45) is 8.60. The third-order valence-electron chi connectivity index (χ3n) is 2.91. The van der Waals surface area contributed by atoms with E-state index in [1.54, 1.807) is 0 Å². The highest BCUT2D eigenvalue weighted by molar-refractivity contribution is 5.46. The molecule has 1 heterocycles. The van der Waals surface area contributed by atoms with E-state index in [0.717, 1.165) is 18.5 Å². The van der Waals surface area contributed by atoms with Crippen molar-refractivity contribution >= 4 is 0 Å². The third-order valence-corrected chi connectivity index (χ3v) is 2.91. The van der Waals surface area contributed by atoms with Crippen molar-refractivity contribution in [2.24, 2.45) is 5.73 Å². The minimum absolute atomic E-state index is 0.573. The van der Waals surface area contributed by atoms with Gasteiger partial charge in [-0.2, -0.15) is 0 Å². The van der Waals surface area contributed by atoms with E-state index in [2.05, 4.69) is 37.1 Å². The van der Waals surface area contributed by atoms with E-state index >= 15 is 0 Å². The first-order valence-electron chi connectivity index (χ1n) is 4.78. The molecule has 1 atom stereocenters. The first kappa shape index (κ1) is 8.42. The van der Waals surface area contributed by atoms with E-state index in [1.165, 1.54) is 11.3 Å². The Kier molecular flexibility index (Phi) is 1.91. The molecule has 0 saturated carbocycles. The Bertz CT molecular complexity index is 310. The quantitative estimate of drug-likeness (QED) is 0.609. The minimum Gasteiger partial charge on any atom is -0.400 e. The van der Waals surface area contributed by atoms with Gasteiger partial charge in [0.05, 0.1) is 5.70 Å². The van der Waals surface area contributed by atoms with Crippen molar-refractivity contribution in [1.82, 2.24) is 4.90 Å². The van der Waals surface area contributed by atoms with E-state index in [1.807, 2.05) is 0 Å². The second-order valence-corrected chi connectivity index (χ2v) is 3.84. The van der Waals surface area contributed by atoms with Crippen LogP contribution in [0.15, 0.2) is 35.2 Å². The average Bonchev–Trinajstić information content (AvgIpc) is 2.12. The van der Waals surface area contributed by atoms with Crippen molar-refractivity contribution in [2.45, 2.75) is 25.8 Å². The second-order valence-electron chi connectivity index (χ2n) is 3.84. The van der Waals surface area contributed by atoms with Crippen LogP contribution in [-0.2, 0) is 0 Å². The summed E-state index contributed by atoms with van der Waals surface area (Å²) in [5.74, 6) is 0. The molecule has 0 aromatic rings. The number of nitrogens with zero attached hydrogens (tertiary/aromatic N) is 1. The summed E-state index contributed by atoms with van der Waals surface area (Å²) in [6, 6.07) is 0.573. The van der Waals surface area contributed by atoms with E-state index in [0.29, 0.717) is 6.04 Å². The first-order chi connectivity index (χ1) is 6.20. The maximum absolute atomic E-state index is 5.99. The molecule has 0 spiro atoms. The number of nitrogens with two attached hydrogens (primary N) is 1. The van der Waals surface area contributed by atoms with Crippen LogP contribution in [0.1, 0.15) is 19.8 Å². The Morgan fingerprint density at radius 3 is 3.08 bits per heavy atom. The number of hydrogen-bond acceptors (Lipinski definition) is 2. The molecule has 0 bridgehead atoms. The summed E-state index contributed by atoms with van der Waals surface area (Å²) in [5, 5.41) is 0. The predicted octanol–water partition coefficient (Wildman–Crippen LogP) is 1.77.